The van der Waals surface area contributed by atoms with Gasteiger partial charge in [-0.1, -0.05) is 0 Å². The lowest BCUT2D eigenvalue weighted by Crippen LogP contribution is -2.25. The van der Waals surface area contributed by atoms with Crippen LogP contribution in [-0.2, 0) is 24.8 Å². The normalized spacial score (nSPS) is 14.1. The smallest absolute Gasteiger partial charge is 0.261 e. The lowest BCUT2D eigenvalue weighted by molar-refractivity contribution is -0.117. The van der Waals surface area contributed by atoms with E-state index in [0.717, 1.165) is 12.1 Å². The number of benzene rings is 3. The molecule has 0 unspecified atom stereocenters. The van der Waals surface area contributed by atoms with Gasteiger partial charge >= 0.3 is 0 Å². The minimum Gasteiger partial charge on any atom is -0.495 e. The summed E-state index contributed by atoms with van der Waals surface area (Å²) in [5.41, 5.74) is 0.689. The van der Waals surface area contributed by atoms with Gasteiger partial charge in [-0.25, -0.2) is 21.2 Å². The minimum atomic E-state index is -4.05. The molecule has 0 atom stereocenters. The number of halogens is 1. The van der Waals surface area contributed by atoms with Gasteiger partial charge in [-0.05, 0) is 73.2 Å². The van der Waals surface area contributed by atoms with E-state index in [1.165, 1.54) is 66.6 Å². The summed E-state index contributed by atoms with van der Waals surface area (Å²) in [7, 11) is -6.58. The minimum absolute atomic E-state index is 0.0809. The molecule has 1 aliphatic heterocycles. The first-order chi connectivity index (χ1) is 16.6. The molecule has 184 valence electrons. The lowest BCUT2D eigenvalue weighted by Gasteiger charge is -2.20. The molecule has 1 aliphatic rings. The Kier molecular flexibility index (Phi) is 6.68. The van der Waals surface area contributed by atoms with Crippen LogP contribution in [0.3, 0.4) is 0 Å². The molecule has 1 saturated heterocycles. The zero-order valence-corrected chi connectivity index (χ0v) is 20.2. The maximum atomic E-state index is 13.0. The zero-order chi connectivity index (χ0) is 25.2. The Hall–Kier alpha value is -3.64. The monoisotopic (exact) mass is 519 g/mol. The van der Waals surface area contributed by atoms with Crippen LogP contribution in [0.1, 0.15) is 12.8 Å². The van der Waals surface area contributed by atoms with Crippen molar-refractivity contribution in [2.45, 2.75) is 22.6 Å². The van der Waals surface area contributed by atoms with Crippen LogP contribution >= 0.6 is 0 Å². The van der Waals surface area contributed by atoms with Gasteiger partial charge in [-0.3, -0.25) is 14.2 Å². The molecule has 3 aromatic rings. The average Bonchev–Trinajstić information content (AvgIpc) is 3.25. The highest BCUT2D eigenvalue weighted by Crippen LogP contribution is 2.34. The summed E-state index contributed by atoms with van der Waals surface area (Å²) >= 11 is 0. The van der Waals surface area contributed by atoms with Crippen molar-refractivity contribution in [3.63, 3.8) is 0 Å². The van der Waals surface area contributed by atoms with Gasteiger partial charge in [0, 0.05) is 24.3 Å². The number of amides is 1. The van der Waals surface area contributed by atoms with E-state index in [4.69, 9.17) is 4.74 Å². The topological polar surface area (TPSA) is 122 Å². The van der Waals surface area contributed by atoms with E-state index in [1.54, 1.807) is 0 Å². The molecule has 0 radical (unpaired) electrons. The van der Waals surface area contributed by atoms with Gasteiger partial charge in [-0.2, -0.15) is 0 Å². The molecule has 0 saturated carbocycles. The molecule has 2 N–H and O–H groups in total. The van der Waals surface area contributed by atoms with Gasteiger partial charge in [0.2, 0.25) is 5.91 Å². The maximum Gasteiger partial charge on any atom is 0.261 e. The molecule has 3 aromatic carbocycles. The van der Waals surface area contributed by atoms with Gasteiger partial charge in [0.1, 0.15) is 11.6 Å². The van der Waals surface area contributed by atoms with Crippen molar-refractivity contribution < 1.29 is 30.8 Å². The van der Waals surface area contributed by atoms with Crippen molar-refractivity contribution >= 4 is 43.0 Å². The quantitative estimate of drug-likeness (QED) is 0.469. The zero-order valence-electron chi connectivity index (χ0n) is 18.6. The predicted molar refractivity (Wildman–Crippen MR) is 129 cm³/mol. The summed E-state index contributed by atoms with van der Waals surface area (Å²) < 4.78 is 74.2. The van der Waals surface area contributed by atoms with E-state index in [-0.39, 0.29) is 27.1 Å². The molecular weight excluding hydrogens is 497 g/mol. The Morgan fingerprint density at radius 3 is 1.91 bits per heavy atom. The molecule has 0 bridgehead atoms. The van der Waals surface area contributed by atoms with Crippen LogP contribution in [0.25, 0.3) is 0 Å². The van der Waals surface area contributed by atoms with Crippen molar-refractivity contribution in [2.75, 3.05) is 28.0 Å². The standard InChI is InChI=1S/C23H22FN3O6S2/c1-33-22-13-12-20(15-21(22)27-14-2-3-23(27)28)35(31,32)26-18-8-10-19(11-9-18)34(29,30)25-17-6-4-16(24)5-7-17/h4-13,15,25-26H,2-3,14H2,1H3. The number of ether oxygens (including phenoxy) is 1. The molecular formula is C23H22FN3O6S2. The number of anilines is 3. The van der Waals surface area contributed by atoms with Crippen LogP contribution in [0.5, 0.6) is 5.75 Å². The summed E-state index contributed by atoms with van der Waals surface area (Å²) in [5.74, 6) is -0.236. The summed E-state index contributed by atoms with van der Waals surface area (Å²) in [6, 6.07) is 14.1. The molecule has 4 rings (SSSR count). The van der Waals surface area contributed by atoms with E-state index in [2.05, 4.69) is 9.44 Å². The number of carbonyl (C=O) groups is 1. The predicted octanol–water partition coefficient (Wildman–Crippen LogP) is 3.56. The average molecular weight is 520 g/mol. The molecule has 1 heterocycles. The van der Waals surface area contributed by atoms with E-state index in [1.807, 2.05) is 0 Å². The molecule has 12 heteroatoms. The van der Waals surface area contributed by atoms with Crippen LogP contribution in [0.4, 0.5) is 21.5 Å². The molecule has 1 amide bonds. The maximum absolute atomic E-state index is 13.0. The second-order valence-corrected chi connectivity index (χ2v) is 11.1. The van der Waals surface area contributed by atoms with Crippen LogP contribution < -0.4 is 19.1 Å². The summed E-state index contributed by atoms with van der Waals surface area (Å²) in [6.07, 6.45) is 1.05. The fourth-order valence-electron chi connectivity index (χ4n) is 3.60. The number of rotatable bonds is 8. The number of methoxy groups -OCH3 is 1. The molecule has 1 fully saturated rings. The number of nitrogens with one attached hydrogen (secondary N) is 2. The largest absolute Gasteiger partial charge is 0.495 e. The third-order valence-electron chi connectivity index (χ3n) is 5.34. The third-order valence-corrected chi connectivity index (χ3v) is 8.11. The first-order valence-electron chi connectivity index (χ1n) is 10.5. The highest BCUT2D eigenvalue weighted by atomic mass is 32.2. The summed E-state index contributed by atoms with van der Waals surface area (Å²) in [4.78, 5) is 13.5. The second-order valence-electron chi connectivity index (χ2n) is 7.72. The SMILES string of the molecule is COc1ccc(S(=O)(=O)Nc2ccc(S(=O)(=O)Nc3ccc(F)cc3)cc2)cc1N1CCCC1=O. The molecule has 9 nitrogen and oxygen atoms in total. The fraction of sp³-hybridized carbons (Fsp3) is 0.174. The number of hydrogen-bond acceptors (Lipinski definition) is 6. The van der Waals surface area contributed by atoms with Gasteiger partial charge in [0.15, 0.2) is 0 Å². The van der Waals surface area contributed by atoms with Crippen molar-refractivity contribution in [3.05, 3.63) is 72.5 Å². The van der Waals surface area contributed by atoms with Crippen molar-refractivity contribution in [1.29, 1.82) is 0 Å². The van der Waals surface area contributed by atoms with E-state index >= 15 is 0 Å². The first kappa shape index (κ1) is 24.5. The van der Waals surface area contributed by atoms with Gasteiger partial charge in [-0.15, -0.1) is 0 Å². The number of hydrogen-bond donors (Lipinski definition) is 2. The third kappa shape index (κ3) is 5.38. The van der Waals surface area contributed by atoms with E-state index in [0.29, 0.717) is 30.8 Å². The van der Waals surface area contributed by atoms with Crippen molar-refractivity contribution in [1.82, 2.24) is 0 Å². The summed E-state index contributed by atoms with van der Waals surface area (Å²) in [6.45, 7) is 0.466. The summed E-state index contributed by atoms with van der Waals surface area (Å²) in [5, 5.41) is 0. The molecule has 0 aliphatic carbocycles. The first-order valence-corrected chi connectivity index (χ1v) is 13.5. The van der Waals surface area contributed by atoms with Gasteiger partial charge < -0.3 is 9.64 Å². The number of nitrogens with zero attached hydrogens (tertiary/aromatic N) is 1. The van der Waals surface area contributed by atoms with Gasteiger partial charge in [0.05, 0.1) is 22.6 Å². The van der Waals surface area contributed by atoms with Crippen LogP contribution in [-0.4, -0.2) is 36.4 Å². The second kappa shape index (κ2) is 9.55. The Labute approximate surface area is 202 Å². The van der Waals surface area contributed by atoms with Crippen molar-refractivity contribution in [3.8, 4) is 5.75 Å². The number of carbonyl (C=O) groups excluding carboxylic acids is 1. The van der Waals surface area contributed by atoms with Gasteiger partial charge in [0.25, 0.3) is 20.0 Å². The Morgan fingerprint density at radius 2 is 1.37 bits per heavy atom. The molecule has 35 heavy (non-hydrogen) atoms. The Morgan fingerprint density at radius 1 is 0.829 bits per heavy atom. The van der Waals surface area contributed by atoms with E-state index < -0.39 is 25.9 Å². The highest BCUT2D eigenvalue weighted by Gasteiger charge is 2.27. The van der Waals surface area contributed by atoms with Crippen molar-refractivity contribution in [2.24, 2.45) is 0 Å². The fourth-order valence-corrected chi connectivity index (χ4v) is 5.74. The Bertz CT molecular complexity index is 1460. The molecule has 0 aromatic heterocycles. The Balaban J connectivity index is 1.54. The van der Waals surface area contributed by atoms with Crippen LogP contribution in [0.15, 0.2) is 76.5 Å². The highest BCUT2D eigenvalue weighted by molar-refractivity contribution is 7.93. The van der Waals surface area contributed by atoms with Crippen LogP contribution in [0, 0.1) is 5.82 Å². The molecule has 0 spiro atoms. The number of sulfonamides is 2. The lowest BCUT2D eigenvalue weighted by atomic mass is 10.2. The van der Waals surface area contributed by atoms with Crippen LogP contribution in [0.2, 0.25) is 0 Å². The van der Waals surface area contributed by atoms with E-state index in [9.17, 15) is 26.0 Å².